The highest BCUT2D eigenvalue weighted by atomic mass is 16.6. The molecule has 474 valence electrons. The summed E-state index contributed by atoms with van der Waals surface area (Å²) in [4.78, 5) is 38.3. The molecule has 0 aliphatic carbocycles. The second-order valence-electron chi connectivity index (χ2n) is 23.0. The number of allylic oxidation sites excluding steroid dienone is 20. The van der Waals surface area contributed by atoms with Gasteiger partial charge in [0.05, 0.1) is 0 Å². The molecule has 1 unspecified atom stereocenters. The van der Waals surface area contributed by atoms with E-state index in [0.29, 0.717) is 19.3 Å². The van der Waals surface area contributed by atoms with Gasteiger partial charge in [0.1, 0.15) is 13.2 Å². The van der Waals surface area contributed by atoms with Crippen molar-refractivity contribution >= 4 is 17.9 Å². The summed E-state index contributed by atoms with van der Waals surface area (Å²) >= 11 is 0. The van der Waals surface area contributed by atoms with E-state index in [2.05, 4.69) is 142 Å². The Balaban J connectivity index is 4.15. The Hall–Kier alpha value is -4.19. The van der Waals surface area contributed by atoms with Crippen LogP contribution in [0.2, 0.25) is 0 Å². The Morgan fingerprint density at radius 1 is 0.253 bits per heavy atom. The lowest BCUT2D eigenvalue weighted by molar-refractivity contribution is -0.167. The molecule has 0 aliphatic heterocycles. The van der Waals surface area contributed by atoms with Gasteiger partial charge in [0.25, 0.3) is 0 Å². The summed E-state index contributed by atoms with van der Waals surface area (Å²) in [5.74, 6) is -0.920. The van der Waals surface area contributed by atoms with E-state index in [1.165, 1.54) is 135 Å². The molecule has 0 heterocycles. The van der Waals surface area contributed by atoms with E-state index in [1.54, 1.807) is 0 Å². The zero-order chi connectivity index (χ0) is 59.9. The monoisotopic (exact) mass is 1150 g/mol. The van der Waals surface area contributed by atoms with Gasteiger partial charge < -0.3 is 14.2 Å². The smallest absolute Gasteiger partial charge is 0.306 e. The van der Waals surface area contributed by atoms with Crippen molar-refractivity contribution in [1.29, 1.82) is 0 Å². The van der Waals surface area contributed by atoms with Gasteiger partial charge in [-0.25, -0.2) is 0 Å². The van der Waals surface area contributed by atoms with Crippen molar-refractivity contribution in [2.75, 3.05) is 13.2 Å². The van der Waals surface area contributed by atoms with E-state index >= 15 is 0 Å². The first-order valence-electron chi connectivity index (χ1n) is 35.0. The SMILES string of the molecule is CC/C=C\C/C=C\C/C=C\C/C=C\CCCCCCCCCCCCCCCCCCCCCCCCC(=O)OCC(COC(=O)CCCCCCC/C=C\C/C=C\CCC)OC(=O)CCCCCC/C=C\C/C=C\C/C=C\C/C=C\CC. The van der Waals surface area contributed by atoms with Crippen LogP contribution in [-0.4, -0.2) is 37.2 Å². The van der Waals surface area contributed by atoms with Crippen LogP contribution in [-0.2, 0) is 28.6 Å². The lowest BCUT2D eigenvalue weighted by Gasteiger charge is -2.18. The summed E-state index contributed by atoms with van der Waals surface area (Å²) in [6, 6.07) is 0. The Kier molecular flexibility index (Phi) is 66.7. The summed E-state index contributed by atoms with van der Waals surface area (Å²) in [7, 11) is 0. The lowest BCUT2D eigenvalue weighted by Crippen LogP contribution is -2.30. The number of ether oxygens (including phenoxy) is 3. The average Bonchev–Trinajstić information content (AvgIpc) is 3.49. The van der Waals surface area contributed by atoms with Gasteiger partial charge in [-0.1, -0.05) is 309 Å². The van der Waals surface area contributed by atoms with Gasteiger partial charge in [-0.15, -0.1) is 0 Å². The third-order valence-corrected chi connectivity index (χ3v) is 14.9. The number of carbonyl (C=O) groups excluding carboxylic acids is 3. The molecule has 0 aliphatic rings. The van der Waals surface area contributed by atoms with Crippen LogP contribution >= 0.6 is 0 Å². The van der Waals surface area contributed by atoms with Gasteiger partial charge in [-0.3, -0.25) is 14.4 Å². The van der Waals surface area contributed by atoms with Crippen molar-refractivity contribution in [2.24, 2.45) is 0 Å². The molecular weight excluding hydrogens is 1020 g/mol. The Labute approximate surface area is 513 Å². The zero-order valence-corrected chi connectivity index (χ0v) is 54.4. The summed E-state index contributed by atoms with van der Waals surface area (Å²) in [6.07, 6.45) is 98.2. The fraction of sp³-hybridized carbons (Fsp3) is 0.701. The molecule has 6 heteroatoms. The highest BCUT2D eigenvalue weighted by molar-refractivity contribution is 5.71. The normalized spacial score (nSPS) is 12.9. The van der Waals surface area contributed by atoms with Crippen molar-refractivity contribution in [1.82, 2.24) is 0 Å². The van der Waals surface area contributed by atoms with Gasteiger partial charge in [-0.05, 0) is 122 Å². The maximum atomic E-state index is 12.9. The number of rotatable bonds is 63. The van der Waals surface area contributed by atoms with Crippen molar-refractivity contribution in [3.63, 3.8) is 0 Å². The number of esters is 3. The van der Waals surface area contributed by atoms with E-state index in [1.807, 2.05) is 0 Å². The predicted octanol–water partition coefficient (Wildman–Crippen LogP) is 24.3. The standard InChI is InChI=1S/C77H130O6/c1-4-7-10-13-16-19-22-25-27-29-30-31-32-33-34-35-36-37-38-39-40-41-42-43-44-45-46-48-49-52-55-58-61-64-67-70-76(79)82-73-74(72-81-75(78)69-66-63-60-57-54-51-24-21-18-15-12-9-6-3)83-77(80)71-68-65-62-59-56-53-50-47-28-26-23-20-17-14-11-8-5-2/h7-8,10-12,15-17,19-21,24-28,30-31,50,53,74H,4-6,9,13-14,18,22-23,29,32-49,51-52,54-73H2,1-3H3/b10-7-,11-8-,15-12-,19-16-,20-17-,24-21-,27-25-,28-26-,31-30-,53-50-. The largest absolute Gasteiger partial charge is 0.462 e. The van der Waals surface area contributed by atoms with Gasteiger partial charge >= 0.3 is 17.9 Å². The summed E-state index contributed by atoms with van der Waals surface area (Å²) in [6.45, 7) is 6.34. The second kappa shape index (κ2) is 70.3. The molecule has 0 spiro atoms. The minimum Gasteiger partial charge on any atom is -0.462 e. The molecule has 0 fully saturated rings. The number of unbranched alkanes of at least 4 members (excludes halogenated alkanes) is 32. The Bertz CT molecular complexity index is 1700. The number of hydrogen-bond donors (Lipinski definition) is 0. The van der Waals surface area contributed by atoms with Crippen LogP contribution in [0.1, 0.15) is 329 Å². The third-order valence-electron chi connectivity index (χ3n) is 14.9. The quantitative estimate of drug-likeness (QED) is 0.0261. The van der Waals surface area contributed by atoms with Crippen LogP contribution < -0.4 is 0 Å². The lowest BCUT2D eigenvalue weighted by atomic mass is 10.0. The first-order chi connectivity index (χ1) is 41.0. The van der Waals surface area contributed by atoms with Crippen LogP contribution in [0.15, 0.2) is 122 Å². The predicted molar refractivity (Wildman–Crippen MR) is 362 cm³/mol. The van der Waals surface area contributed by atoms with E-state index in [9.17, 15) is 14.4 Å². The molecule has 0 aromatic rings. The molecule has 0 bridgehead atoms. The molecule has 6 nitrogen and oxygen atoms in total. The Morgan fingerprint density at radius 3 is 0.735 bits per heavy atom. The molecule has 0 saturated heterocycles. The minimum absolute atomic E-state index is 0.0912. The van der Waals surface area contributed by atoms with E-state index in [0.717, 1.165) is 154 Å². The topological polar surface area (TPSA) is 78.9 Å². The van der Waals surface area contributed by atoms with Crippen LogP contribution in [0, 0.1) is 0 Å². The fourth-order valence-electron chi connectivity index (χ4n) is 9.76. The van der Waals surface area contributed by atoms with Gasteiger partial charge in [0.2, 0.25) is 0 Å². The highest BCUT2D eigenvalue weighted by Gasteiger charge is 2.19. The van der Waals surface area contributed by atoms with Gasteiger partial charge in [0.15, 0.2) is 6.10 Å². The number of hydrogen-bond acceptors (Lipinski definition) is 6. The average molecular weight is 1150 g/mol. The van der Waals surface area contributed by atoms with Crippen molar-refractivity contribution in [3.05, 3.63) is 122 Å². The maximum Gasteiger partial charge on any atom is 0.306 e. The molecule has 0 radical (unpaired) electrons. The molecular formula is C77H130O6. The summed E-state index contributed by atoms with van der Waals surface area (Å²) < 4.78 is 16.9. The summed E-state index contributed by atoms with van der Waals surface area (Å²) in [5.41, 5.74) is 0. The second-order valence-corrected chi connectivity index (χ2v) is 23.0. The zero-order valence-electron chi connectivity index (χ0n) is 54.4. The number of carbonyl (C=O) groups is 3. The molecule has 83 heavy (non-hydrogen) atoms. The van der Waals surface area contributed by atoms with Crippen molar-refractivity contribution < 1.29 is 28.6 Å². The molecule has 0 amide bonds. The van der Waals surface area contributed by atoms with Crippen molar-refractivity contribution in [3.8, 4) is 0 Å². The van der Waals surface area contributed by atoms with Gasteiger partial charge in [0, 0.05) is 19.3 Å². The van der Waals surface area contributed by atoms with Gasteiger partial charge in [-0.2, -0.15) is 0 Å². The van der Waals surface area contributed by atoms with Crippen molar-refractivity contribution in [2.45, 2.75) is 335 Å². The van der Waals surface area contributed by atoms with E-state index < -0.39 is 6.10 Å². The first-order valence-corrected chi connectivity index (χ1v) is 35.0. The van der Waals surface area contributed by atoms with Crippen LogP contribution in [0.25, 0.3) is 0 Å². The molecule has 0 aromatic heterocycles. The minimum atomic E-state index is -0.798. The molecule has 0 saturated carbocycles. The molecule has 1 atom stereocenters. The van der Waals surface area contributed by atoms with E-state index in [-0.39, 0.29) is 31.1 Å². The Morgan fingerprint density at radius 2 is 0.470 bits per heavy atom. The third kappa shape index (κ3) is 68.5. The van der Waals surface area contributed by atoms with Crippen LogP contribution in [0.3, 0.4) is 0 Å². The molecule has 0 N–H and O–H groups in total. The fourth-order valence-corrected chi connectivity index (χ4v) is 9.76. The first kappa shape index (κ1) is 78.8. The van der Waals surface area contributed by atoms with E-state index in [4.69, 9.17) is 14.2 Å². The summed E-state index contributed by atoms with van der Waals surface area (Å²) in [5, 5.41) is 0. The van der Waals surface area contributed by atoms with Crippen LogP contribution in [0.5, 0.6) is 0 Å². The van der Waals surface area contributed by atoms with Crippen LogP contribution in [0.4, 0.5) is 0 Å². The molecule has 0 aromatic carbocycles. The molecule has 0 rings (SSSR count). The maximum absolute atomic E-state index is 12.9. The highest BCUT2D eigenvalue weighted by Crippen LogP contribution is 2.17.